The van der Waals surface area contributed by atoms with Crippen molar-refractivity contribution in [1.29, 1.82) is 0 Å². The van der Waals surface area contributed by atoms with Crippen molar-refractivity contribution >= 4 is 39.3 Å². The Bertz CT molecular complexity index is 685. The molecule has 0 saturated carbocycles. The largest absolute Gasteiger partial charge is 0.481 e. The first-order valence-electron chi connectivity index (χ1n) is 6.07. The number of hydrogen-bond acceptors (Lipinski definition) is 5. The zero-order chi connectivity index (χ0) is 15.4. The van der Waals surface area contributed by atoms with E-state index in [9.17, 15) is 9.59 Å². The number of halogens is 1. The van der Waals surface area contributed by atoms with E-state index in [0.717, 1.165) is 4.60 Å². The molecule has 8 nitrogen and oxygen atoms in total. The van der Waals surface area contributed by atoms with Crippen molar-refractivity contribution in [2.24, 2.45) is 0 Å². The van der Waals surface area contributed by atoms with Gasteiger partial charge in [0.1, 0.15) is 11.5 Å². The summed E-state index contributed by atoms with van der Waals surface area (Å²) in [5, 5.41) is 20.1. The number of hydroxylamine groups is 1. The van der Waals surface area contributed by atoms with Gasteiger partial charge in [0.2, 0.25) is 0 Å². The number of anilines is 1. The summed E-state index contributed by atoms with van der Waals surface area (Å²) in [6, 6.07) is 5.38. The Kier molecular flexibility index (Phi) is 4.76. The van der Waals surface area contributed by atoms with Crippen LogP contribution in [0.2, 0.25) is 0 Å². The summed E-state index contributed by atoms with van der Waals surface area (Å²) < 4.78 is 2.50. The van der Waals surface area contributed by atoms with E-state index in [4.69, 9.17) is 10.3 Å². The Labute approximate surface area is 127 Å². The summed E-state index contributed by atoms with van der Waals surface area (Å²) >= 11 is 3.39. The lowest BCUT2D eigenvalue weighted by Crippen LogP contribution is -2.27. The van der Waals surface area contributed by atoms with Crippen molar-refractivity contribution in [3.05, 3.63) is 28.5 Å². The molecule has 0 atom stereocenters. The number of nitrogens with one attached hydrogen (secondary N) is 2. The van der Waals surface area contributed by atoms with E-state index in [2.05, 4.69) is 26.2 Å². The highest BCUT2D eigenvalue weighted by atomic mass is 79.9. The highest BCUT2D eigenvalue weighted by Gasteiger charge is 2.15. The Balaban J connectivity index is 2.37. The van der Waals surface area contributed by atoms with E-state index in [-0.39, 0.29) is 19.4 Å². The highest BCUT2D eigenvalue weighted by molar-refractivity contribution is 9.10. The first-order chi connectivity index (χ1) is 10.0. The molecule has 0 unspecified atom stereocenters. The van der Waals surface area contributed by atoms with Crippen LogP contribution in [0.3, 0.4) is 0 Å². The molecule has 0 fully saturated rings. The third kappa shape index (κ3) is 3.50. The maximum Gasteiger partial charge on any atom is 0.303 e. The number of nitrogens with zero attached hydrogens (tertiary/aromatic N) is 2. The van der Waals surface area contributed by atoms with Gasteiger partial charge in [-0.1, -0.05) is 6.07 Å². The Morgan fingerprint density at radius 1 is 1.38 bits per heavy atom. The second-order valence-corrected chi connectivity index (χ2v) is 5.04. The van der Waals surface area contributed by atoms with Crippen LogP contribution in [0.4, 0.5) is 5.82 Å². The van der Waals surface area contributed by atoms with Crippen molar-refractivity contribution in [1.82, 2.24) is 14.9 Å². The fraction of sp³-hybridized carbons (Fsp3) is 0.250. The molecule has 0 bridgehead atoms. The number of carbonyl (C=O) groups excluding carboxylic acids is 1. The lowest BCUT2D eigenvalue weighted by molar-refractivity contribution is -0.137. The summed E-state index contributed by atoms with van der Waals surface area (Å²) in [5.74, 6) is -1.13. The molecule has 1 amide bonds. The third-order valence-corrected chi connectivity index (χ3v) is 3.43. The molecule has 2 heterocycles. The van der Waals surface area contributed by atoms with Gasteiger partial charge in [-0.25, -0.2) is 10.5 Å². The summed E-state index contributed by atoms with van der Waals surface area (Å²) in [5.41, 5.74) is 2.78. The Morgan fingerprint density at radius 2 is 2.14 bits per heavy atom. The van der Waals surface area contributed by atoms with Crippen LogP contribution in [0.25, 0.3) is 5.65 Å². The molecule has 112 valence electrons. The van der Waals surface area contributed by atoms with Gasteiger partial charge in [0.15, 0.2) is 0 Å². The second-order valence-electron chi connectivity index (χ2n) is 4.23. The van der Waals surface area contributed by atoms with Crippen LogP contribution >= 0.6 is 15.9 Å². The maximum absolute atomic E-state index is 11.1. The number of aryl methyl sites for hydroxylation is 1. The Morgan fingerprint density at radius 3 is 2.81 bits per heavy atom. The summed E-state index contributed by atoms with van der Waals surface area (Å²) in [6.45, 7) is -0.169. The molecule has 0 aliphatic carbocycles. The van der Waals surface area contributed by atoms with Crippen molar-refractivity contribution in [2.45, 2.75) is 12.8 Å². The quantitative estimate of drug-likeness (QED) is 0.349. The van der Waals surface area contributed by atoms with Gasteiger partial charge < -0.3 is 10.4 Å². The zero-order valence-corrected chi connectivity index (χ0v) is 12.4. The number of fused-ring (bicyclic) bond motifs is 1. The van der Waals surface area contributed by atoms with Crippen LogP contribution in [-0.4, -0.2) is 38.1 Å². The van der Waals surface area contributed by atoms with Crippen molar-refractivity contribution in [3.63, 3.8) is 0 Å². The fourth-order valence-corrected chi connectivity index (χ4v) is 2.46. The number of pyridine rings is 1. The SMILES string of the molecule is O=C(O)CCc1c(NCC(=O)NO)nc2cccc(Br)n12. The highest BCUT2D eigenvalue weighted by Crippen LogP contribution is 2.23. The van der Waals surface area contributed by atoms with Gasteiger partial charge in [-0.05, 0) is 28.1 Å². The predicted molar refractivity (Wildman–Crippen MR) is 77.3 cm³/mol. The Hall–Kier alpha value is -2.13. The van der Waals surface area contributed by atoms with Crippen LogP contribution in [0.1, 0.15) is 12.1 Å². The summed E-state index contributed by atoms with van der Waals surface area (Å²) in [6.07, 6.45) is 0.193. The topological polar surface area (TPSA) is 116 Å². The van der Waals surface area contributed by atoms with Crippen LogP contribution < -0.4 is 10.8 Å². The van der Waals surface area contributed by atoms with Crippen LogP contribution in [-0.2, 0) is 16.0 Å². The first kappa shape index (κ1) is 15.3. The average molecular weight is 357 g/mol. The molecule has 21 heavy (non-hydrogen) atoms. The molecular formula is C12H13BrN4O4. The number of carboxylic acids is 1. The minimum atomic E-state index is -0.920. The van der Waals surface area contributed by atoms with Gasteiger partial charge in [0.25, 0.3) is 5.91 Å². The molecule has 4 N–H and O–H groups in total. The number of imidazole rings is 1. The summed E-state index contributed by atoms with van der Waals surface area (Å²) in [7, 11) is 0. The van der Waals surface area contributed by atoms with Gasteiger partial charge in [-0.3, -0.25) is 19.2 Å². The van der Waals surface area contributed by atoms with E-state index in [1.54, 1.807) is 16.5 Å². The lowest BCUT2D eigenvalue weighted by atomic mass is 10.2. The number of amides is 1. The number of rotatable bonds is 6. The molecule has 0 aliphatic heterocycles. The molecule has 0 aromatic carbocycles. The zero-order valence-electron chi connectivity index (χ0n) is 10.8. The molecule has 2 aromatic heterocycles. The molecule has 0 saturated heterocycles. The minimum absolute atomic E-state index is 0.0595. The van der Waals surface area contributed by atoms with E-state index < -0.39 is 11.9 Å². The third-order valence-electron chi connectivity index (χ3n) is 2.81. The summed E-state index contributed by atoms with van der Waals surface area (Å²) in [4.78, 5) is 26.2. The van der Waals surface area contributed by atoms with Gasteiger partial charge in [0, 0.05) is 6.42 Å². The van der Waals surface area contributed by atoms with E-state index in [1.807, 2.05) is 6.07 Å². The predicted octanol–water partition coefficient (Wildman–Crippen LogP) is 1.03. The first-order valence-corrected chi connectivity index (χ1v) is 6.86. The number of aromatic nitrogens is 2. The molecular weight excluding hydrogens is 344 g/mol. The lowest BCUT2D eigenvalue weighted by Gasteiger charge is -2.06. The molecule has 0 aliphatic rings. The standard InChI is InChI=1S/C12H13BrN4O4/c13-8-2-1-3-9-15-12(14-6-10(18)16-21)7(17(8)9)4-5-11(19)20/h1-3,14,21H,4-6H2,(H,16,18)(H,19,20). The van der Waals surface area contributed by atoms with Crippen LogP contribution in [0.5, 0.6) is 0 Å². The van der Waals surface area contributed by atoms with E-state index >= 15 is 0 Å². The monoisotopic (exact) mass is 356 g/mol. The van der Waals surface area contributed by atoms with Gasteiger partial charge in [-0.15, -0.1) is 0 Å². The fourth-order valence-electron chi connectivity index (χ4n) is 1.91. The molecule has 0 radical (unpaired) electrons. The molecule has 2 aromatic rings. The second kappa shape index (κ2) is 6.55. The van der Waals surface area contributed by atoms with Gasteiger partial charge in [0.05, 0.1) is 23.3 Å². The number of carboxylic acid groups (broad SMARTS) is 1. The minimum Gasteiger partial charge on any atom is -0.481 e. The molecule has 9 heteroatoms. The van der Waals surface area contributed by atoms with Gasteiger partial charge in [-0.2, -0.15) is 0 Å². The molecule has 2 rings (SSSR count). The van der Waals surface area contributed by atoms with Crippen LogP contribution in [0, 0.1) is 0 Å². The average Bonchev–Trinajstić information content (AvgIpc) is 2.81. The van der Waals surface area contributed by atoms with Gasteiger partial charge >= 0.3 is 5.97 Å². The normalized spacial score (nSPS) is 10.6. The molecule has 0 spiro atoms. The smallest absolute Gasteiger partial charge is 0.303 e. The number of hydrogen-bond donors (Lipinski definition) is 4. The van der Waals surface area contributed by atoms with E-state index in [0.29, 0.717) is 17.2 Å². The maximum atomic E-state index is 11.1. The van der Waals surface area contributed by atoms with E-state index in [1.165, 1.54) is 5.48 Å². The van der Waals surface area contributed by atoms with Crippen molar-refractivity contribution in [2.75, 3.05) is 11.9 Å². The number of aliphatic carboxylic acids is 1. The van der Waals surface area contributed by atoms with Crippen molar-refractivity contribution in [3.8, 4) is 0 Å². The number of carbonyl (C=O) groups is 2. The van der Waals surface area contributed by atoms with Crippen molar-refractivity contribution < 1.29 is 19.9 Å². The van der Waals surface area contributed by atoms with Crippen LogP contribution in [0.15, 0.2) is 22.8 Å².